The third kappa shape index (κ3) is 1.64. The van der Waals surface area contributed by atoms with Crippen molar-refractivity contribution >= 4 is 0 Å². The van der Waals surface area contributed by atoms with Crippen LogP contribution in [0.1, 0.15) is 13.3 Å². The summed E-state index contributed by atoms with van der Waals surface area (Å²) in [5, 5.41) is 9.43. The molecule has 1 heterocycles. The molecule has 0 atom stereocenters. The Kier molecular flexibility index (Phi) is 2.05. The van der Waals surface area contributed by atoms with Crippen molar-refractivity contribution in [2.45, 2.75) is 18.9 Å². The molecule has 0 spiro atoms. The minimum absolute atomic E-state index is 0.322. The van der Waals surface area contributed by atoms with E-state index in [-0.39, 0.29) is 0 Å². The van der Waals surface area contributed by atoms with Gasteiger partial charge in [0, 0.05) is 0 Å². The van der Waals surface area contributed by atoms with Gasteiger partial charge in [0.1, 0.15) is 12.4 Å². The summed E-state index contributed by atoms with van der Waals surface area (Å²) in [6.07, 6.45) is 0.688. The van der Waals surface area contributed by atoms with Crippen LogP contribution in [0, 0.1) is 0 Å². The highest BCUT2D eigenvalue weighted by atomic mass is 16.7. The molecule has 0 aromatic heterocycles. The molecule has 0 aromatic carbocycles. The Balaban J connectivity index is 2.37. The van der Waals surface area contributed by atoms with Crippen molar-refractivity contribution in [3.63, 3.8) is 0 Å². The number of ether oxygens (including phenoxy) is 2. The first-order valence-corrected chi connectivity index (χ1v) is 3.15. The fourth-order valence-electron chi connectivity index (χ4n) is 0.768. The average molecular weight is 132 g/mol. The number of hydrogen-bond donors (Lipinski definition) is 1. The normalized spacial score (nSPS) is 26.0. The lowest BCUT2D eigenvalue weighted by atomic mass is 10.0. The quantitative estimate of drug-likeness (QED) is 0.551. The summed E-state index contributed by atoms with van der Waals surface area (Å²) in [7, 11) is 0. The molecule has 0 aromatic rings. The summed E-state index contributed by atoms with van der Waals surface area (Å²) >= 11 is 0. The molecule has 9 heavy (non-hydrogen) atoms. The Morgan fingerprint density at radius 1 is 1.44 bits per heavy atom. The Labute approximate surface area is 54.6 Å². The predicted molar refractivity (Wildman–Crippen MR) is 32.0 cm³/mol. The molecule has 0 saturated carbocycles. The molecule has 0 unspecified atom stereocenters. The van der Waals surface area contributed by atoms with E-state index in [9.17, 15) is 5.11 Å². The molecule has 3 heteroatoms. The van der Waals surface area contributed by atoms with Crippen LogP contribution in [-0.2, 0) is 9.47 Å². The molecular formula is C6H12O3. The summed E-state index contributed by atoms with van der Waals surface area (Å²) < 4.78 is 9.81. The second-order valence-corrected chi connectivity index (χ2v) is 2.39. The monoisotopic (exact) mass is 132 g/mol. The highest BCUT2D eigenvalue weighted by molar-refractivity contribution is 4.76. The summed E-state index contributed by atoms with van der Waals surface area (Å²) in [5.41, 5.74) is -0.724. The van der Waals surface area contributed by atoms with Crippen LogP contribution in [0.5, 0.6) is 0 Å². The van der Waals surface area contributed by atoms with Crippen molar-refractivity contribution in [2.75, 3.05) is 20.0 Å². The minimum Gasteiger partial charge on any atom is -0.385 e. The second-order valence-electron chi connectivity index (χ2n) is 2.39. The summed E-state index contributed by atoms with van der Waals surface area (Å²) in [6.45, 7) is 3.05. The van der Waals surface area contributed by atoms with Gasteiger partial charge in [0.2, 0.25) is 0 Å². The van der Waals surface area contributed by atoms with E-state index in [4.69, 9.17) is 9.47 Å². The lowest BCUT2D eigenvalue weighted by Gasteiger charge is -2.30. The number of aliphatic hydroxyl groups is 1. The van der Waals surface area contributed by atoms with Crippen LogP contribution in [0.25, 0.3) is 0 Å². The molecule has 1 aliphatic heterocycles. The van der Waals surface area contributed by atoms with E-state index in [1.54, 1.807) is 0 Å². The molecule has 1 saturated heterocycles. The van der Waals surface area contributed by atoms with E-state index >= 15 is 0 Å². The van der Waals surface area contributed by atoms with Gasteiger partial charge in [-0.15, -0.1) is 0 Å². The average Bonchev–Trinajstić information content (AvgIpc) is 1.90. The van der Waals surface area contributed by atoms with E-state index in [2.05, 4.69) is 0 Å². The summed E-state index contributed by atoms with van der Waals surface area (Å²) in [4.78, 5) is 0. The van der Waals surface area contributed by atoms with Crippen LogP contribution in [-0.4, -0.2) is 30.7 Å². The maximum Gasteiger partial charge on any atom is 0.147 e. The van der Waals surface area contributed by atoms with Crippen LogP contribution in [0.15, 0.2) is 0 Å². The Morgan fingerprint density at radius 3 is 2.33 bits per heavy atom. The maximum absolute atomic E-state index is 9.43. The van der Waals surface area contributed by atoms with E-state index < -0.39 is 5.60 Å². The van der Waals surface area contributed by atoms with Crippen molar-refractivity contribution in [3.05, 3.63) is 0 Å². The van der Waals surface area contributed by atoms with Gasteiger partial charge in [-0.25, -0.2) is 0 Å². The first kappa shape index (κ1) is 6.99. The molecule has 0 radical (unpaired) electrons. The molecule has 0 aliphatic carbocycles. The lowest BCUT2D eigenvalue weighted by molar-refractivity contribution is -0.200. The second kappa shape index (κ2) is 2.64. The summed E-state index contributed by atoms with van der Waals surface area (Å²) in [5.74, 6) is 0. The highest BCUT2D eigenvalue weighted by Crippen LogP contribution is 2.14. The third-order valence-corrected chi connectivity index (χ3v) is 1.57. The Morgan fingerprint density at radius 2 is 2.00 bits per heavy atom. The van der Waals surface area contributed by atoms with Gasteiger partial charge in [-0.3, -0.25) is 0 Å². The molecule has 54 valence electrons. The van der Waals surface area contributed by atoms with E-state index in [0.29, 0.717) is 26.4 Å². The topological polar surface area (TPSA) is 38.7 Å². The van der Waals surface area contributed by atoms with Crippen molar-refractivity contribution in [1.82, 2.24) is 0 Å². The molecule has 1 aliphatic rings. The fourth-order valence-corrected chi connectivity index (χ4v) is 0.768. The van der Waals surface area contributed by atoms with Gasteiger partial charge in [0.15, 0.2) is 0 Å². The van der Waals surface area contributed by atoms with E-state index in [1.165, 1.54) is 0 Å². The van der Waals surface area contributed by atoms with E-state index in [0.717, 1.165) is 0 Å². The first-order chi connectivity index (χ1) is 4.27. The zero-order chi connectivity index (χ0) is 6.74. The first-order valence-electron chi connectivity index (χ1n) is 3.15. The van der Waals surface area contributed by atoms with Crippen LogP contribution >= 0.6 is 0 Å². The van der Waals surface area contributed by atoms with Crippen LogP contribution in [0.2, 0.25) is 0 Å². The van der Waals surface area contributed by atoms with Gasteiger partial charge in [-0.1, -0.05) is 6.92 Å². The standard InChI is InChI=1S/C6H12O3/c1-2-6(7)3-8-5-9-4-6/h7H,2-5H2,1H3. The maximum atomic E-state index is 9.43. The minimum atomic E-state index is -0.724. The van der Waals surface area contributed by atoms with Gasteiger partial charge < -0.3 is 14.6 Å². The van der Waals surface area contributed by atoms with Crippen molar-refractivity contribution in [2.24, 2.45) is 0 Å². The smallest absolute Gasteiger partial charge is 0.147 e. The number of rotatable bonds is 1. The zero-order valence-corrected chi connectivity index (χ0v) is 5.59. The van der Waals surface area contributed by atoms with Crippen molar-refractivity contribution in [3.8, 4) is 0 Å². The van der Waals surface area contributed by atoms with Crippen LogP contribution in [0.3, 0.4) is 0 Å². The molecule has 3 nitrogen and oxygen atoms in total. The SMILES string of the molecule is CCC1(O)COCOC1. The van der Waals surface area contributed by atoms with Crippen LogP contribution < -0.4 is 0 Å². The van der Waals surface area contributed by atoms with Gasteiger partial charge in [-0.2, -0.15) is 0 Å². The predicted octanol–water partition coefficient (Wildman–Crippen LogP) is 0.132. The Bertz CT molecular complexity index is 86.3. The van der Waals surface area contributed by atoms with Gasteiger partial charge >= 0.3 is 0 Å². The fraction of sp³-hybridized carbons (Fsp3) is 1.00. The molecular weight excluding hydrogens is 120 g/mol. The van der Waals surface area contributed by atoms with Gasteiger partial charge in [-0.05, 0) is 6.42 Å². The van der Waals surface area contributed by atoms with Gasteiger partial charge in [0.25, 0.3) is 0 Å². The molecule has 0 amide bonds. The Hall–Kier alpha value is -0.120. The molecule has 1 N–H and O–H groups in total. The van der Waals surface area contributed by atoms with Crippen LogP contribution in [0.4, 0.5) is 0 Å². The van der Waals surface area contributed by atoms with Crippen molar-refractivity contribution < 1.29 is 14.6 Å². The lowest BCUT2D eigenvalue weighted by Crippen LogP contribution is -2.43. The number of hydrogen-bond acceptors (Lipinski definition) is 3. The highest BCUT2D eigenvalue weighted by Gasteiger charge is 2.28. The molecule has 0 bridgehead atoms. The van der Waals surface area contributed by atoms with E-state index in [1.807, 2.05) is 6.92 Å². The molecule has 1 rings (SSSR count). The van der Waals surface area contributed by atoms with Crippen molar-refractivity contribution in [1.29, 1.82) is 0 Å². The third-order valence-electron chi connectivity index (χ3n) is 1.57. The largest absolute Gasteiger partial charge is 0.385 e. The van der Waals surface area contributed by atoms with Gasteiger partial charge in [0.05, 0.1) is 13.2 Å². The summed E-state index contributed by atoms with van der Waals surface area (Å²) in [6, 6.07) is 0. The molecule has 1 fully saturated rings. The zero-order valence-electron chi connectivity index (χ0n) is 5.59.